The van der Waals surface area contributed by atoms with E-state index in [9.17, 15) is 9.59 Å². The normalized spacial score (nSPS) is 11.0. The molecule has 0 atom stereocenters. The zero-order chi connectivity index (χ0) is 24.5. The number of carbonyl (C=O) groups is 2. The SMILES string of the molecule is COC(=O)CC(C(=O)CCc1ccccc1)=P(c1ccccc1)(c1ccccc1)c1ccccc1. The van der Waals surface area contributed by atoms with Crippen molar-refractivity contribution in [3.05, 3.63) is 127 Å². The van der Waals surface area contributed by atoms with Crippen LogP contribution in [-0.2, 0) is 20.7 Å². The maximum absolute atomic E-state index is 14.1. The molecule has 0 amide bonds. The summed E-state index contributed by atoms with van der Waals surface area (Å²) < 4.78 is 5.10. The number of esters is 1. The van der Waals surface area contributed by atoms with E-state index in [0.717, 1.165) is 21.5 Å². The van der Waals surface area contributed by atoms with Crippen molar-refractivity contribution in [2.75, 3.05) is 7.11 Å². The number of aryl methyl sites for hydroxylation is 1. The lowest BCUT2D eigenvalue weighted by Gasteiger charge is -2.32. The van der Waals surface area contributed by atoms with Gasteiger partial charge in [0.05, 0.1) is 13.5 Å². The van der Waals surface area contributed by atoms with Gasteiger partial charge < -0.3 is 4.74 Å². The lowest BCUT2D eigenvalue weighted by atomic mass is 10.1. The molecule has 0 N–H and O–H groups in total. The van der Waals surface area contributed by atoms with Crippen molar-refractivity contribution >= 4 is 39.8 Å². The van der Waals surface area contributed by atoms with Gasteiger partial charge in [-0.15, -0.1) is 0 Å². The Kier molecular flexibility index (Phi) is 8.13. The lowest BCUT2D eigenvalue weighted by Crippen LogP contribution is -2.35. The molecule has 3 nitrogen and oxygen atoms in total. The Hall–Kier alpha value is -3.68. The van der Waals surface area contributed by atoms with Crippen molar-refractivity contribution in [1.82, 2.24) is 0 Å². The minimum atomic E-state index is -2.64. The molecule has 0 aliphatic heterocycles. The van der Waals surface area contributed by atoms with E-state index < -0.39 is 12.9 Å². The second-order valence-electron chi connectivity index (χ2n) is 8.29. The average Bonchev–Trinajstić information content (AvgIpc) is 2.94. The number of ketones is 1. The van der Waals surface area contributed by atoms with Crippen molar-refractivity contribution in [3.8, 4) is 0 Å². The predicted octanol–water partition coefficient (Wildman–Crippen LogP) is 4.92. The van der Waals surface area contributed by atoms with Crippen LogP contribution >= 0.6 is 6.89 Å². The van der Waals surface area contributed by atoms with Gasteiger partial charge in [0.15, 0.2) is 5.78 Å². The third kappa shape index (κ3) is 5.37. The number of hydrogen-bond donors (Lipinski definition) is 0. The Bertz CT molecular complexity index is 1210. The summed E-state index contributed by atoms with van der Waals surface area (Å²) in [7, 11) is 1.38. The van der Waals surface area contributed by atoms with Crippen molar-refractivity contribution in [2.24, 2.45) is 0 Å². The number of benzene rings is 4. The van der Waals surface area contributed by atoms with Crippen LogP contribution in [0, 0.1) is 0 Å². The molecule has 0 fully saturated rings. The maximum Gasteiger partial charge on any atom is 0.310 e. The zero-order valence-corrected chi connectivity index (χ0v) is 20.7. The van der Waals surface area contributed by atoms with Crippen molar-refractivity contribution in [2.45, 2.75) is 19.3 Å². The smallest absolute Gasteiger partial charge is 0.310 e. The van der Waals surface area contributed by atoms with Crippen LogP contribution in [0.3, 0.4) is 0 Å². The molecule has 4 heteroatoms. The number of rotatable bonds is 9. The molecule has 0 saturated heterocycles. The second kappa shape index (κ2) is 11.6. The molecule has 176 valence electrons. The molecule has 0 aliphatic carbocycles. The first kappa shape index (κ1) is 24.4. The predicted molar refractivity (Wildman–Crippen MR) is 147 cm³/mol. The van der Waals surface area contributed by atoms with Crippen molar-refractivity contribution in [1.29, 1.82) is 0 Å². The van der Waals surface area contributed by atoms with Crippen LogP contribution < -0.4 is 15.9 Å². The van der Waals surface area contributed by atoms with Crippen LogP contribution in [0.2, 0.25) is 0 Å². The summed E-state index contributed by atoms with van der Waals surface area (Å²) in [5.74, 6) is -0.399. The van der Waals surface area contributed by atoms with E-state index in [2.05, 4.69) is 36.4 Å². The summed E-state index contributed by atoms with van der Waals surface area (Å²) in [6.45, 7) is -2.64. The Morgan fingerprint density at radius 1 is 0.629 bits per heavy atom. The van der Waals surface area contributed by atoms with Gasteiger partial charge in [-0.25, -0.2) is 0 Å². The van der Waals surface area contributed by atoms with Crippen LogP contribution in [0.15, 0.2) is 121 Å². The maximum atomic E-state index is 14.1. The van der Waals surface area contributed by atoms with E-state index in [4.69, 9.17) is 4.74 Å². The number of Topliss-reactive ketones (excluding diaryl/α,β-unsaturated/α-hetero) is 1. The highest BCUT2D eigenvalue weighted by Crippen LogP contribution is 2.47. The summed E-state index contributed by atoms with van der Waals surface area (Å²) in [6.07, 6.45) is 0.893. The molecule has 35 heavy (non-hydrogen) atoms. The molecule has 0 unspecified atom stereocenters. The Labute approximate surface area is 207 Å². The average molecular weight is 481 g/mol. The number of methoxy groups -OCH3 is 1. The summed E-state index contributed by atoms with van der Waals surface area (Å²) >= 11 is 0. The van der Waals surface area contributed by atoms with Crippen molar-refractivity contribution < 1.29 is 14.3 Å². The van der Waals surface area contributed by atoms with Gasteiger partial charge >= 0.3 is 5.97 Å². The molecule has 4 aromatic carbocycles. The molecule has 0 aromatic heterocycles. The minimum absolute atomic E-state index is 0.00384. The highest BCUT2D eigenvalue weighted by molar-refractivity contribution is 7.96. The van der Waals surface area contributed by atoms with E-state index in [-0.39, 0.29) is 12.2 Å². The number of ether oxygens (including phenoxy) is 1. The van der Waals surface area contributed by atoms with Gasteiger partial charge in [-0.3, -0.25) is 9.59 Å². The summed E-state index contributed by atoms with van der Waals surface area (Å²) in [5, 5.41) is 3.77. The van der Waals surface area contributed by atoms with Gasteiger partial charge in [0.25, 0.3) is 0 Å². The monoisotopic (exact) mass is 480 g/mol. The van der Waals surface area contributed by atoms with E-state index >= 15 is 0 Å². The highest BCUT2D eigenvalue weighted by Gasteiger charge is 2.33. The van der Waals surface area contributed by atoms with Crippen LogP contribution in [0.25, 0.3) is 0 Å². The van der Waals surface area contributed by atoms with Gasteiger partial charge in [0.2, 0.25) is 0 Å². The van der Waals surface area contributed by atoms with Gasteiger partial charge in [-0.1, -0.05) is 121 Å². The van der Waals surface area contributed by atoms with E-state index in [1.165, 1.54) is 7.11 Å². The third-order valence-electron chi connectivity index (χ3n) is 6.18. The highest BCUT2D eigenvalue weighted by atomic mass is 31.2. The molecule has 0 aliphatic rings. The quantitative estimate of drug-likeness (QED) is 0.252. The molecular formula is C31H29O3P. The molecule has 4 rings (SSSR count). The molecule has 0 radical (unpaired) electrons. The van der Waals surface area contributed by atoms with Crippen LogP contribution in [-0.4, -0.2) is 24.2 Å². The van der Waals surface area contributed by atoms with Crippen molar-refractivity contribution in [3.63, 3.8) is 0 Å². The first-order chi connectivity index (χ1) is 17.2. The van der Waals surface area contributed by atoms with E-state index in [1.807, 2.05) is 84.9 Å². The van der Waals surface area contributed by atoms with Crippen LogP contribution in [0.4, 0.5) is 0 Å². The fourth-order valence-electron chi connectivity index (χ4n) is 4.53. The second-order valence-corrected chi connectivity index (χ2v) is 11.7. The summed E-state index contributed by atoms with van der Waals surface area (Å²) in [6, 6.07) is 40.4. The van der Waals surface area contributed by atoms with Gasteiger partial charge in [0.1, 0.15) is 0 Å². The third-order valence-corrected chi connectivity index (χ3v) is 10.6. The lowest BCUT2D eigenvalue weighted by molar-refractivity contribution is -0.139. The topological polar surface area (TPSA) is 43.4 Å². The molecule has 0 heterocycles. The van der Waals surface area contributed by atoms with Gasteiger partial charge in [-0.2, -0.15) is 0 Å². The Morgan fingerprint density at radius 2 is 1.03 bits per heavy atom. The summed E-state index contributed by atoms with van der Waals surface area (Å²) in [5.41, 5.74) is 1.10. The fraction of sp³-hybridized carbons (Fsp3) is 0.129. The Morgan fingerprint density at radius 3 is 1.43 bits per heavy atom. The van der Waals surface area contributed by atoms with Gasteiger partial charge in [-0.05, 0) is 34.8 Å². The number of hydrogen-bond acceptors (Lipinski definition) is 3. The molecular weight excluding hydrogens is 451 g/mol. The zero-order valence-electron chi connectivity index (χ0n) is 19.8. The molecule has 0 spiro atoms. The minimum Gasteiger partial charge on any atom is -0.469 e. The van der Waals surface area contributed by atoms with Crippen LogP contribution in [0.5, 0.6) is 0 Å². The molecule has 0 saturated carbocycles. The van der Waals surface area contributed by atoms with Gasteiger partial charge in [0, 0.05) is 11.7 Å². The van der Waals surface area contributed by atoms with Crippen LogP contribution in [0.1, 0.15) is 18.4 Å². The summed E-state index contributed by atoms with van der Waals surface area (Å²) in [4.78, 5) is 26.9. The molecule has 0 bridgehead atoms. The Balaban J connectivity index is 2.04. The van der Waals surface area contributed by atoms with E-state index in [1.54, 1.807) is 0 Å². The first-order valence-corrected chi connectivity index (χ1v) is 13.5. The fourth-order valence-corrected chi connectivity index (χ4v) is 9.07. The largest absolute Gasteiger partial charge is 0.469 e. The molecule has 4 aromatic rings. The van der Waals surface area contributed by atoms with E-state index in [0.29, 0.717) is 18.1 Å². The standard InChI is InChI=1S/C31H29O3P/c1-34-31(33)24-30(29(32)23-22-25-14-6-2-7-15-25)35(26-16-8-3-9-17-26,27-18-10-4-11-19-27)28-20-12-5-13-21-28/h2-21H,22-24H2,1H3. The number of carbonyl (C=O) groups excluding carboxylic acids is 2. The first-order valence-electron chi connectivity index (χ1n) is 11.7.